The fourth-order valence-corrected chi connectivity index (χ4v) is 2.86. The van der Waals surface area contributed by atoms with E-state index in [4.69, 9.17) is 9.47 Å². The van der Waals surface area contributed by atoms with Crippen molar-refractivity contribution in [3.05, 3.63) is 71.2 Å². The highest BCUT2D eigenvalue weighted by molar-refractivity contribution is 6.05. The van der Waals surface area contributed by atoms with Gasteiger partial charge in [0.2, 0.25) is 0 Å². The zero-order chi connectivity index (χ0) is 18.5. The summed E-state index contributed by atoms with van der Waals surface area (Å²) in [5, 5.41) is 0.784. The van der Waals surface area contributed by atoms with E-state index in [1.165, 1.54) is 24.3 Å². The number of carbonyl (C=O) groups excluding carboxylic acids is 1. The maximum atomic E-state index is 12.9. The molecule has 26 heavy (non-hydrogen) atoms. The lowest BCUT2D eigenvalue weighted by Gasteiger charge is -2.13. The van der Waals surface area contributed by atoms with Crippen molar-refractivity contribution in [1.29, 1.82) is 0 Å². The molecule has 3 aromatic rings. The highest BCUT2D eigenvalue weighted by Crippen LogP contribution is 2.24. The Morgan fingerprint density at radius 1 is 1.08 bits per heavy atom. The molecule has 3 rings (SSSR count). The van der Waals surface area contributed by atoms with E-state index in [2.05, 4.69) is 4.98 Å². The number of hydrogen-bond acceptors (Lipinski definition) is 4. The summed E-state index contributed by atoms with van der Waals surface area (Å²) < 4.78 is 23.7. The van der Waals surface area contributed by atoms with Crippen LogP contribution in [0.1, 0.15) is 28.5 Å². The van der Waals surface area contributed by atoms with Crippen molar-refractivity contribution in [3.8, 4) is 5.75 Å². The molecule has 0 N–H and O–H groups in total. The van der Waals surface area contributed by atoms with E-state index in [1.54, 1.807) is 0 Å². The second kappa shape index (κ2) is 7.95. The molecule has 1 aromatic heterocycles. The zero-order valence-corrected chi connectivity index (χ0v) is 14.8. The molecule has 0 unspecified atom stereocenters. The van der Waals surface area contributed by atoms with Gasteiger partial charge in [0, 0.05) is 11.1 Å². The van der Waals surface area contributed by atoms with Crippen molar-refractivity contribution in [2.75, 3.05) is 13.2 Å². The second-order valence-corrected chi connectivity index (χ2v) is 5.87. The van der Waals surface area contributed by atoms with Gasteiger partial charge < -0.3 is 9.47 Å². The summed E-state index contributed by atoms with van der Waals surface area (Å²) in [6, 6.07) is 13.2. The molecule has 0 aliphatic carbocycles. The molecule has 0 spiro atoms. The zero-order valence-electron chi connectivity index (χ0n) is 14.8. The van der Waals surface area contributed by atoms with Gasteiger partial charge in [-0.15, -0.1) is 0 Å². The summed E-state index contributed by atoms with van der Waals surface area (Å²) in [5.74, 6) is -0.185. The number of aromatic nitrogens is 1. The van der Waals surface area contributed by atoms with Crippen LogP contribution in [-0.4, -0.2) is 24.2 Å². The molecule has 0 saturated heterocycles. The van der Waals surface area contributed by atoms with E-state index in [0.29, 0.717) is 11.3 Å². The van der Waals surface area contributed by atoms with E-state index in [0.717, 1.165) is 28.6 Å². The Morgan fingerprint density at radius 2 is 1.81 bits per heavy atom. The van der Waals surface area contributed by atoms with E-state index in [9.17, 15) is 9.18 Å². The molecule has 0 radical (unpaired) electrons. The lowest BCUT2D eigenvalue weighted by atomic mass is 10.0. The summed E-state index contributed by atoms with van der Waals surface area (Å²) in [4.78, 5) is 17.3. The summed E-state index contributed by atoms with van der Waals surface area (Å²) >= 11 is 0. The maximum Gasteiger partial charge on any atom is 0.339 e. The molecule has 0 aliphatic rings. The minimum atomic E-state index is -0.390. The Morgan fingerprint density at radius 3 is 2.54 bits per heavy atom. The average Bonchev–Trinajstić information content (AvgIpc) is 2.66. The fourth-order valence-electron chi connectivity index (χ4n) is 2.86. The highest BCUT2D eigenvalue weighted by Gasteiger charge is 2.18. The topological polar surface area (TPSA) is 48.4 Å². The van der Waals surface area contributed by atoms with Crippen LogP contribution in [0.4, 0.5) is 4.39 Å². The third kappa shape index (κ3) is 3.82. The first-order chi connectivity index (χ1) is 12.6. The monoisotopic (exact) mass is 353 g/mol. The second-order valence-electron chi connectivity index (χ2n) is 5.87. The molecule has 0 saturated carbocycles. The predicted octanol–water partition coefficient (Wildman–Crippen LogP) is 4.48. The molecular formula is C21H20FNO3. The average molecular weight is 353 g/mol. The minimum Gasteiger partial charge on any atom is -0.490 e. The molecule has 0 aliphatic heterocycles. The van der Waals surface area contributed by atoms with Crippen molar-refractivity contribution in [1.82, 2.24) is 4.98 Å². The first-order valence-corrected chi connectivity index (χ1v) is 8.54. The Balaban J connectivity index is 1.71. The normalized spacial score (nSPS) is 10.7. The maximum absolute atomic E-state index is 12.9. The quantitative estimate of drug-likeness (QED) is 0.484. The third-order valence-corrected chi connectivity index (χ3v) is 4.17. The van der Waals surface area contributed by atoms with Crippen molar-refractivity contribution < 1.29 is 18.7 Å². The van der Waals surface area contributed by atoms with E-state index < -0.39 is 5.97 Å². The van der Waals surface area contributed by atoms with Gasteiger partial charge in [-0.05, 0) is 49.2 Å². The summed E-state index contributed by atoms with van der Waals surface area (Å²) in [6.45, 7) is 4.20. The van der Waals surface area contributed by atoms with Crippen molar-refractivity contribution in [3.63, 3.8) is 0 Å². The van der Waals surface area contributed by atoms with Crippen LogP contribution in [0, 0.1) is 12.7 Å². The molecule has 4 nitrogen and oxygen atoms in total. The van der Waals surface area contributed by atoms with Crippen molar-refractivity contribution in [2.24, 2.45) is 0 Å². The van der Waals surface area contributed by atoms with E-state index in [-0.39, 0.29) is 19.0 Å². The van der Waals surface area contributed by atoms with Gasteiger partial charge in [0.05, 0.1) is 11.1 Å². The first-order valence-electron chi connectivity index (χ1n) is 8.54. The Kier molecular flexibility index (Phi) is 5.46. The molecular weight excluding hydrogens is 333 g/mol. The molecule has 0 atom stereocenters. The Labute approximate surface area is 151 Å². The Bertz CT molecular complexity index is 922. The van der Waals surface area contributed by atoms with Gasteiger partial charge in [0.1, 0.15) is 24.8 Å². The summed E-state index contributed by atoms with van der Waals surface area (Å²) in [7, 11) is 0. The predicted molar refractivity (Wildman–Crippen MR) is 98.0 cm³/mol. The van der Waals surface area contributed by atoms with Gasteiger partial charge in [-0.1, -0.05) is 25.1 Å². The van der Waals surface area contributed by atoms with Crippen molar-refractivity contribution in [2.45, 2.75) is 20.3 Å². The summed E-state index contributed by atoms with van der Waals surface area (Å²) in [5.41, 5.74) is 3.06. The van der Waals surface area contributed by atoms with Crippen LogP contribution in [0.25, 0.3) is 10.9 Å². The number of halogens is 1. The third-order valence-electron chi connectivity index (χ3n) is 4.17. The number of para-hydroxylation sites is 1. The van der Waals surface area contributed by atoms with E-state index in [1.807, 2.05) is 38.1 Å². The van der Waals surface area contributed by atoms with Crippen molar-refractivity contribution >= 4 is 16.9 Å². The van der Waals surface area contributed by atoms with Crippen LogP contribution in [0.5, 0.6) is 5.75 Å². The number of pyridine rings is 1. The lowest BCUT2D eigenvalue weighted by Crippen LogP contribution is -2.15. The van der Waals surface area contributed by atoms with Crippen LogP contribution in [0.2, 0.25) is 0 Å². The van der Waals surface area contributed by atoms with Crippen LogP contribution >= 0.6 is 0 Å². The minimum absolute atomic E-state index is 0.105. The van der Waals surface area contributed by atoms with Gasteiger partial charge in [-0.2, -0.15) is 0 Å². The van der Waals surface area contributed by atoms with Gasteiger partial charge >= 0.3 is 5.97 Å². The van der Waals surface area contributed by atoms with Gasteiger partial charge in [-0.3, -0.25) is 4.98 Å². The lowest BCUT2D eigenvalue weighted by molar-refractivity contribution is 0.0451. The van der Waals surface area contributed by atoms with Crippen LogP contribution < -0.4 is 4.74 Å². The number of ether oxygens (including phenoxy) is 2. The van der Waals surface area contributed by atoms with E-state index >= 15 is 0 Å². The fraction of sp³-hybridized carbons (Fsp3) is 0.238. The standard InChI is InChI=1S/C21H20FNO3/c1-3-18-14(2)20(17-6-4-5-7-19(17)23-18)21(24)26-13-12-25-16-10-8-15(22)9-11-16/h4-11H,3,12-13H2,1-2H3. The smallest absolute Gasteiger partial charge is 0.339 e. The molecule has 2 aromatic carbocycles. The molecule has 0 fully saturated rings. The number of rotatable bonds is 6. The number of benzene rings is 2. The van der Waals surface area contributed by atoms with Gasteiger partial charge in [0.15, 0.2) is 0 Å². The van der Waals surface area contributed by atoms with Crippen LogP contribution in [-0.2, 0) is 11.2 Å². The number of fused-ring (bicyclic) bond motifs is 1. The molecule has 134 valence electrons. The number of aryl methyl sites for hydroxylation is 1. The van der Waals surface area contributed by atoms with Gasteiger partial charge in [-0.25, -0.2) is 9.18 Å². The number of hydrogen-bond donors (Lipinski definition) is 0. The van der Waals surface area contributed by atoms with Crippen LogP contribution in [0.3, 0.4) is 0 Å². The SMILES string of the molecule is CCc1nc2ccccc2c(C(=O)OCCOc2ccc(F)cc2)c1C. The molecule has 0 bridgehead atoms. The largest absolute Gasteiger partial charge is 0.490 e. The summed E-state index contributed by atoms with van der Waals surface area (Å²) in [6.07, 6.45) is 0.741. The Hall–Kier alpha value is -2.95. The number of carbonyl (C=O) groups is 1. The molecule has 5 heteroatoms. The molecule has 1 heterocycles. The number of esters is 1. The highest BCUT2D eigenvalue weighted by atomic mass is 19.1. The number of nitrogens with zero attached hydrogens (tertiary/aromatic N) is 1. The first kappa shape index (κ1) is 17.9. The molecule has 0 amide bonds. The van der Waals surface area contributed by atoms with Crippen LogP contribution in [0.15, 0.2) is 48.5 Å². The van der Waals surface area contributed by atoms with Gasteiger partial charge in [0.25, 0.3) is 0 Å².